The summed E-state index contributed by atoms with van der Waals surface area (Å²) in [6, 6.07) is 18.7. The zero-order chi connectivity index (χ0) is 20.4. The fourth-order valence-electron chi connectivity index (χ4n) is 3.07. The van der Waals surface area contributed by atoms with Gasteiger partial charge in [0.2, 0.25) is 0 Å². The van der Waals surface area contributed by atoms with Crippen LogP contribution in [-0.4, -0.2) is 25.1 Å². The fraction of sp³-hybridized carbons (Fsp3) is 0.130. The number of aryl methyl sites for hydroxylation is 1. The summed E-state index contributed by atoms with van der Waals surface area (Å²) in [6.45, 7) is 2.02. The van der Waals surface area contributed by atoms with E-state index in [0.717, 1.165) is 43.5 Å². The molecule has 0 atom stereocenters. The van der Waals surface area contributed by atoms with Crippen molar-refractivity contribution in [2.24, 2.45) is 0 Å². The largest absolute Gasteiger partial charge is 0.497 e. The van der Waals surface area contributed by atoms with Gasteiger partial charge in [0, 0.05) is 16.8 Å². The highest BCUT2D eigenvalue weighted by Gasteiger charge is 2.12. The quantitative estimate of drug-likeness (QED) is 0.474. The second-order valence-electron chi connectivity index (χ2n) is 6.56. The van der Waals surface area contributed by atoms with E-state index in [1.54, 1.807) is 49.8 Å². The molecule has 0 aliphatic carbocycles. The van der Waals surface area contributed by atoms with E-state index in [0.29, 0.717) is 5.56 Å². The molecular weight excluding hydrogens is 384 g/mol. The number of amides is 1. The number of nitrogens with one attached hydrogen (secondary N) is 1. The Kier molecular flexibility index (Phi) is 5.18. The lowest BCUT2D eigenvalue weighted by Gasteiger charge is -2.09. The third kappa shape index (κ3) is 3.93. The minimum atomic E-state index is -0.160. The van der Waals surface area contributed by atoms with Crippen molar-refractivity contribution in [1.29, 1.82) is 0 Å². The number of aromatic nitrogens is 1. The van der Waals surface area contributed by atoms with Gasteiger partial charge in [0.05, 0.1) is 24.4 Å². The van der Waals surface area contributed by atoms with Gasteiger partial charge in [-0.25, -0.2) is 4.98 Å². The van der Waals surface area contributed by atoms with Crippen molar-refractivity contribution in [2.75, 3.05) is 19.5 Å². The summed E-state index contributed by atoms with van der Waals surface area (Å²) < 4.78 is 11.5. The molecule has 29 heavy (non-hydrogen) atoms. The Balaban J connectivity index is 1.56. The van der Waals surface area contributed by atoms with Gasteiger partial charge in [0.15, 0.2) is 0 Å². The van der Waals surface area contributed by atoms with E-state index in [1.807, 2.05) is 43.3 Å². The molecule has 0 fully saturated rings. The molecule has 6 heteroatoms. The van der Waals surface area contributed by atoms with Gasteiger partial charge >= 0.3 is 0 Å². The maximum absolute atomic E-state index is 12.5. The smallest absolute Gasteiger partial charge is 0.255 e. The Morgan fingerprint density at radius 2 is 1.66 bits per heavy atom. The van der Waals surface area contributed by atoms with Gasteiger partial charge in [-0.05, 0) is 73.2 Å². The van der Waals surface area contributed by atoms with Crippen molar-refractivity contribution in [3.8, 4) is 22.1 Å². The number of carbonyl (C=O) groups excluding carboxylic acids is 1. The summed E-state index contributed by atoms with van der Waals surface area (Å²) in [5.74, 6) is 1.38. The number of ether oxygens (including phenoxy) is 2. The molecule has 4 aromatic rings. The number of thiazole rings is 1. The fourth-order valence-corrected chi connectivity index (χ4v) is 4.16. The number of nitrogens with zero attached hydrogens (tertiary/aromatic N) is 1. The second kappa shape index (κ2) is 7.93. The molecule has 1 N–H and O–H groups in total. The Bertz CT molecular complexity index is 1180. The van der Waals surface area contributed by atoms with E-state index in [9.17, 15) is 4.79 Å². The van der Waals surface area contributed by atoms with Crippen LogP contribution >= 0.6 is 11.3 Å². The molecule has 5 nitrogen and oxygen atoms in total. The van der Waals surface area contributed by atoms with Crippen LogP contribution in [0.2, 0.25) is 0 Å². The molecule has 0 saturated carbocycles. The average molecular weight is 404 g/mol. The summed E-state index contributed by atoms with van der Waals surface area (Å²) in [6.07, 6.45) is 0. The zero-order valence-corrected chi connectivity index (χ0v) is 17.2. The van der Waals surface area contributed by atoms with E-state index < -0.39 is 0 Å². The summed E-state index contributed by atoms with van der Waals surface area (Å²) in [5, 5.41) is 3.89. The van der Waals surface area contributed by atoms with Crippen LogP contribution in [0.15, 0.2) is 60.7 Å². The maximum atomic E-state index is 12.5. The topological polar surface area (TPSA) is 60.5 Å². The molecule has 0 bridgehead atoms. The highest BCUT2D eigenvalue weighted by atomic mass is 32.1. The van der Waals surface area contributed by atoms with Crippen LogP contribution in [0.5, 0.6) is 11.5 Å². The average Bonchev–Trinajstić information content (AvgIpc) is 3.16. The number of benzene rings is 3. The summed E-state index contributed by atoms with van der Waals surface area (Å²) in [7, 11) is 3.26. The summed E-state index contributed by atoms with van der Waals surface area (Å²) >= 11 is 1.62. The van der Waals surface area contributed by atoms with Crippen LogP contribution in [-0.2, 0) is 0 Å². The molecule has 1 amide bonds. The standard InChI is InChI=1S/C23H20N2O3S/c1-14-12-16(24-22(26)15-4-7-17(27-2)8-5-15)6-10-19(14)23-25-20-11-9-18(28-3)13-21(20)29-23/h4-13H,1-3H3,(H,24,26). The van der Waals surface area contributed by atoms with Crippen molar-refractivity contribution >= 4 is 33.1 Å². The van der Waals surface area contributed by atoms with Gasteiger partial charge in [0.25, 0.3) is 5.91 Å². The predicted octanol–water partition coefficient (Wildman–Crippen LogP) is 5.54. The molecule has 1 aromatic heterocycles. The highest BCUT2D eigenvalue weighted by Crippen LogP contribution is 2.34. The van der Waals surface area contributed by atoms with E-state index in [-0.39, 0.29) is 5.91 Å². The van der Waals surface area contributed by atoms with E-state index in [1.165, 1.54) is 0 Å². The van der Waals surface area contributed by atoms with Crippen LogP contribution in [0.25, 0.3) is 20.8 Å². The number of methoxy groups -OCH3 is 2. The summed E-state index contributed by atoms with van der Waals surface area (Å²) in [4.78, 5) is 17.2. The normalized spacial score (nSPS) is 10.7. The van der Waals surface area contributed by atoms with Gasteiger partial charge in [0.1, 0.15) is 16.5 Å². The Hall–Kier alpha value is -3.38. The Morgan fingerprint density at radius 1 is 0.931 bits per heavy atom. The first-order valence-corrected chi connectivity index (χ1v) is 9.90. The van der Waals surface area contributed by atoms with Gasteiger partial charge in [-0.15, -0.1) is 11.3 Å². The highest BCUT2D eigenvalue weighted by molar-refractivity contribution is 7.21. The molecule has 0 aliphatic heterocycles. The molecule has 0 spiro atoms. The molecule has 0 radical (unpaired) electrons. The lowest BCUT2D eigenvalue weighted by atomic mass is 10.1. The van der Waals surface area contributed by atoms with Crippen molar-refractivity contribution in [1.82, 2.24) is 4.98 Å². The SMILES string of the molecule is COc1ccc(C(=O)Nc2ccc(-c3nc4ccc(OC)cc4s3)c(C)c2)cc1. The number of rotatable bonds is 5. The monoisotopic (exact) mass is 404 g/mol. The summed E-state index contributed by atoms with van der Waals surface area (Å²) in [5.41, 5.74) is 4.36. The minimum Gasteiger partial charge on any atom is -0.497 e. The first-order chi connectivity index (χ1) is 14.1. The lowest BCUT2D eigenvalue weighted by Crippen LogP contribution is -2.11. The van der Waals surface area contributed by atoms with Crippen LogP contribution in [0.3, 0.4) is 0 Å². The van der Waals surface area contributed by atoms with Gasteiger partial charge in [-0.3, -0.25) is 4.79 Å². The first-order valence-electron chi connectivity index (χ1n) is 9.08. The number of hydrogen-bond acceptors (Lipinski definition) is 5. The number of hydrogen-bond donors (Lipinski definition) is 1. The molecule has 0 unspecified atom stereocenters. The van der Waals surface area contributed by atoms with Gasteiger partial charge in [-0.1, -0.05) is 0 Å². The number of carbonyl (C=O) groups is 1. The van der Waals surface area contributed by atoms with E-state index in [4.69, 9.17) is 14.5 Å². The molecule has 0 aliphatic rings. The van der Waals surface area contributed by atoms with Gasteiger partial charge < -0.3 is 14.8 Å². The first kappa shape index (κ1) is 19.0. The molecule has 3 aromatic carbocycles. The minimum absolute atomic E-state index is 0.160. The van der Waals surface area contributed by atoms with Crippen LogP contribution < -0.4 is 14.8 Å². The van der Waals surface area contributed by atoms with E-state index >= 15 is 0 Å². The van der Waals surface area contributed by atoms with Crippen LogP contribution in [0.4, 0.5) is 5.69 Å². The van der Waals surface area contributed by atoms with Crippen LogP contribution in [0.1, 0.15) is 15.9 Å². The van der Waals surface area contributed by atoms with Crippen molar-refractivity contribution in [2.45, 2.75) is 6.92 Å². The predicted molar refractivity (Wildman–Crippen MR) is 117 cm³/mol. The van der Waals surface area contributed by atoms with Gasteiger partial charge in [-0.2, -0.15) is 0 Å². The molecular formula is C23H20N2O3S. The lowest BCUT2D eigenvalue weighted by molar-refractivity contribution is 0.102. The Labute approximate surface area is 172 Å². The third-order valence-electron chi connectivity index (χ3n) is 4.66. The van der Waals surface area contributed by atoms with E-state index in [2.05, 4.69) is 5.32 Å². The van der Waals surface area contributed by atoms with Crippen molar-refractivity contribution in [3.63, 3.8) is 0 Å². The molecule has 146 valence electrons. The van der Waals surface area contributed by atoms with Crippen molar-refractivity contribution < 1.29 is 14.3 Å². The molecule has 1 heterocycles. The van der Waals surface area contributed by atoms with Crippen LogP contribution in [0, 0.1) is 6.92 Å². The molecule has 0 saturated heterocycles. The second-order valence-corrected chi connectivity index (χ2v) is 7.60. The Morgan fingerprint density at radius 3 is 2.34 bits per heavy atom. The molecule has 4 rings (SSSR count). The number of anilines is 1. The van der Waals surface area contributed by atoms with Crippen molar-refractivity contribution in [3.05, 3.63) is 71.8 Å². The number of fused-ring (bicyclic) bond motifs is 1. The zero-order valence-electron chi connectivity index (χ0n) is 16.4. The maximum Gasteiger partial charge on any atom is 0.255 e. The third-order valence-corrected chi connectivity index (χ3v) is 5.71.